The summed E-state index contributed by atoms with van der Waals surface area (Å²) in [6.45, 7) is 3.90. The number of fused-ring (bicyclic) bond motifs is 1. The zero-order chi connectivity index (χ0) is 22.5. The van der Waals surface area contributed by atoms with Crippen molar-refractivity contribution in [3.8, 4) is 5.75 Å². The van der Waals surface area contributed by atoms with Gasteiger partial charge in [-0.05, 0) is 54.3 Å². The Kier molecular flexibility index (Phi) is 6.55. The Morgan fingerprint density at radius 3 is 2.47 bits per heavy atom. The third kappa shape index (κ3) is 5.35. The standard InChI is InChI=1S/C27H28N2O3/c1-18-4-8-21(9-5-18)26(28-27-14-19(2)32-29-27)17-24(30)12-7-20-6-10-23-16-25(31-3)13-11-22(23)15-20/h4-6,8-11,13-16,26H,7,12,17H2,1-3H3,(H,28,29). The highest BCUT2D eigenvalue weighted by Crippen LogP contribution is 2.25. The number of carbonyl (C=O) groups excluding carboxylic acids is 1. The number of methoxy groups -OCH3 is 1. The van der Waals surface area contributed by atoms with Gasteiger partial charge in [0.25, 0.3) is 0 Å². The molecule has 0 amide bonds. The fraction of sp³-hybridized carbons (Fsp3) is 0.259. The van der Waals surface area contributed by atoms with Crippen LogP contribution in [0.4, 0.5) is 5.82 Å². The van der Waals surface area contributed by atoms with Gasteiger partial charge >= 0.3 is 0 Å². The summed E-state index contributed by atoms with van der Waals surface area (Å²) in [5, 5.41) is 9.68. The molecule has 0 bridgehead atoms. The molecule has 5 nitrogen and oxygen atoms in total. The molecular formula is C27H28N2O3. The van der Waals surface area contributed by atoms with Gasteiger partial charge in [0.2, 0.25) is 0 Å². The van der Waals surface area contributed by atoms with Crippen molar-refractivity contribution >= 4 is 22.4 Å². The summed E-state index contributed by atoms with van der Waals surface area (Å²) < 4.78 is 10.5. The molecule has 0 aliphatic rings. The molecule has 1 heterocycles. The molecular weight excluding hydrogens is 400 g/mol. The number of ether oxygens (including phenoxy) is 1. The zero-order valence-corrected chi connectivity index (χ0v) is 18.7. The number of Topliss-reactive ketones (excluding diaryl/α,β-unsaturated/α-hetero) is 1. The topological polar surface area (TPSA) is 64.4 Å². The van der Waals surface area contributed by atoms with Crippen LogP contribution in [0.1, 0.15) is 41.3 Å². The van der Waals surface area contributed by atoms with Gasteiger partial charge in [-0.1, -0.05) is 59.3 Å². The number of hydrogen-bond acceptors (Lipinski definition) is 5. The average molecular weight is 429 g/mol. The molecule has 4 rings (SSSR count). The summed E-state index contributed by atoms with van der Waals surface area (Å²) >= 11 is 0. The van der Waals surface area contributed by atoms with E-state index in [2.05, 4.69) is 65.9 Å². The van der Waals surface area contributed by atoms with Gasteiger partial charge in [-0.15, -0.1) is 0 Å². The minimum Gasteiger partial charge on any atom is -0.497 e. The molecule has 1 atom stereocenters. The Labute approximate surface area is 188 Å². The summed E-state index contributed by atoms with van der Waals surface area (Å²) in [6.07, 6.45) is 1.59. The third-order valence-corrected chi connectivity index (χ3v) is 5.67. The molecule has 0 spiro atoms. The lowest BCUT2D eigenvalue weighted by Crippen LogP contribution is -2.16. The van der Waals surface area contributed by atoms with Crippen molar-refractivity contribution in [2.75, 3.05) is 12.4 Å². The van der Waals surface area contributed by atoms with E-state index in [1.165, 1.54) is 5.56 Å². The molecule has 0 aliphatic carbocycles. The van der Waals surface area contributed by atoms with Crippen molar-refractivity contribution in [3.63, 3.8) is 0 Å². The molecule has 5 heteroatoms. The summed E-state index contributed by atoms with van der Waals surface area (Å²) in [7, 11) is 1.67. The normalized spacial score (nSPS) is 12.0. The van der Waals surface area contributed by atoms with Gasteiger partial charge in [-0.25, -0.2) is 0 Å². The largest absolute Gasteiger partial charge is 0.497 e. The second kappa shape index (κ2) is 9.69. The van der Waals surface area contributed by atoms with Gasteiger partial charge in [0.1, 0.15) is 17.3 Å². The van der Waals surface area contributed by atoms with Crippen LogP contribution >= 0.6 is 0 Å². The maximum Gasteiger partial charge on any atom is 0.170 e. The Balaban J connectivity index is 1.43. The number of nitrogens with one attached hydrogen (secondary N) is 1. The molecule has 32 heavy (non-hydrogen) atoms. The fourth-order valence-corrected chi connectivity index (χ4v) is 3.83. The van der Waals surface area contributed by atoms with Crippen LogP contribution in [0.5, 0.6) is 5.75 Å². The predicted molar refractivity (Wildman–Crippen MR) is 127 cm³/mol. The highest BCUT2D eigenvalue weighted by molar-refractivity contribution is 5.85. The van der Waals surface area contributed by atoms with Gasteiger partial charge in [-0.3, -0.25) is 4.79 Å². The van der Waals surface area contributed by atoms with E-state index in [1.54, 1.807) is 7.11 Å². The Bertz CT molecular complexity index is 1210. The molecule has 1 unspecified atom stereocenters. The summed E-state index contributed by atoms with van der Waals surface area (Å²) in [4.78, 5) is 12.9. The zero-order valence-electron chi connectivity index (χ0n) is 18.7. The Hall–Kier alpha value is -3.60. The number of ketones is 1. The molecule has 0 fully saturated rings. The molecule has 1 aromatic heterocycles. The van der Waals surface area contributed by atoms with Crippen molar-refractivity contribution in [3.05, 3.63) is 89.2 Å². The molecule has 0 saturated heterocycles. The average Bonchev–Trinajstić information content (AvgIpc) is 3.21. The molecule has 0 aliphatic heterocycles. The first-order valence-electron chi connectivity index (χ1n) is 10.8. The number of aryl methyl sites for hydroxylation is 3. The van der Waals surface area contributed by atoms with Crippen LogP contribution in [0.25, 0.3) is 10.8 Å². The highest BCUT2D eigenvalue weighted by Gasteiger charge is 2.18. The maximum absolute atomic E-state index is 12.9. The second-order valence-electron chi connectivity index (χ2n) is 8.22. The highest BCUT2D eigenvalue weighted by atomic mass is 16.5. The molecule has 0 saturated carbocycles. The van der Waals surface area contributed by atoms with Gasteiger partial charge < -0.3 is 14.6 Å². The maximum atomic E-state index is 12.9. The lowest BCUT2D eigenvalue weighted by Gasteiger charge is -2.18. The van der Waals surface area contributed by atoms with Crippen LogP contribution in [0.15, 0.2) is 71.3 Å². The van der Waals surface area contributed by atoms with Crippen LogP contribution < -0.4 is 10.1 Å². The SMILES string of the molecule is COc1ccc2cc(CCC(=O)CC(Nc3cc(C)on3)c3ccc(C)cc3)ccc2c1. The van der Waals surface area contributed by atoms with Crippen LogP contribution in [-0.2, 0) is 11.2 Å². The van der Waals surface area contributed by atoms with Crippen LogP contribution in [0, 0.1) is 13.8 Å². The summed E-state index contributed by atoms with van der Waals surface area (Å²) in [6, 6.07) is 22.3. The Morgan fingerprint density at radius 2 is 1.75 bits per heavy atom. The summed E-state index contributed by atoms with van der Waals surface area (Å²) in [5.41, 5.74) is 3.40. The van der Waals surface area contributed by atoms with Crippen molar-refractivity contribution in [2.45, 2.75) is 39.2 Å². The second-order valence-corrected chi connectivity index (χ2v) is 8.22. The van der Waals surface area contributed by atoms with E-state index in [9.17, 15) is 4.79 Å². The van der Waals surface area contributed by atoms with Crippen molar-refractivity contribution in [1.29, 1.82) is 0 Å². The van der Waals surface area contributed by atoms with Crippen LogP contribution in [0.2, 0.25) is 0 Å². The number of nitrogens with zero attached hydrogens (tertiary/aromatic N) is 1. The lowest BCUT2D eigenvalue weighted by molar-refractivity contribution is -0.119. The lowest BCUT2D eigenvalue weighted by atomic mass is 9.96. The number of aromatic nitrogens is 1. The first kappa shape index (κ1) is 21.6. The number of rotatable bonds is 9. The number of carbonyl (C=O) groups is 1. The first-order valence-corrected chi connectivity index (χ1v) is 10.8. The molecule has 1 N–H and O–H groups in total. The number of benzene rings is 3. The summed E-state index contributed by atoms with van der Waals surface area (Å²) in [5.74, 6) is 2.43. The van der Waals surface area contributed by atoms with E-state index < -0.39 is 0 Å². The quantitative estimate of drug-likeness (QED) is 0.344. The third-order valence-electron chi connectivity index (χ3n) is 5.67. The van der Waals surface area contributed by atoms with E-state index >= 15 is 0 Å². The van der Waals surface area contributed by atoms with E-state index in [4.69, 9.17) is 9.26 Å². The van der Waals surface area contributed by atoms with Gasteiger partial charge in [0.15, 0.2) is 5.82 Å². The van der Waals surface area contributed by atoms with Gasteiger partial charge in [0.05, 0.1) is 13.2 Å². The minimum absolute atomic E-state index is 0.156. The van der Waals surface area contributed by atoms with E-state index in [1.807, 2.05) is 25.1 Å². The molecule has 0 radical (unpaired) electrons. The smallest absolute Gasteiger partial charge is 0.170 e. The first-order chi connectivity index (χ1) is 15.5. The molecule has 164 valence electrons. The van der Waals surface area contributed by atoms with Crippen molar-refractivity contribution < 1.29 is 14.1 Å². The predicted octanol–water partition coefficient (Wildman–Crippen LogP) is 6.20. The van der Waals surface area contributed by atoms with E-state index in [-0.39, 0.29) is 11.8 Å². The van der Waals surface area contributed by atoms with E-state index in [0.29, 0.717) is 25.1 Å². The van der Waals surface area contributed by atoms with Crippen LogP contribution in [0.3, 0.4) is 0 Å². The number of hydrogen-bond donors (Lipinski definition) is 1. The molecule has 4 aromatic rings. The fourth-order valence-electron chi connectivity index (χ4n) is 3.83. The van der Waals surface area contributed by atoms with E-state index in [0.717, 1.165) is 33.4 Å². The molecule has 3 aromatic carbocycles. The van der Waals surface area contributed by atoms with Gasteiger partial charge in [0, 0.05) is 18.9 Å². The van der Waals surface area contributed by atoms with Crippen molar-refractivity contribution in [2.24, 2.45) is 0 Å². The van der Waals surface area contributed by atoms with Crippen molar-refractivity contribution in [1.82, 2.24) is 5.16 Å². The number of anilines is 1. The van der Waals surface area contributed by atoms with Crippen LogP contribution in [-0.4, -0.2) is 18.0 Å². The monoisotopic (exact) mass is 428 g/mol. The Morgan fingerprint density at radius 1 is 1.00 bits per heavy atom. The minimum atomic E-state index is -0.156. The van der Waals surface area contributed by atoms with Gasteiger partial charge in [-0.2, -0.15) is 0 Å².